The summed E-state index contributed by atoms with van der Waals surface area (Å²) >= 11 is 8.10. The van der Waals surface area contributed by atoms with Crippen molar-refractivity contribution in [3.8, 4) is 17.0 Å². The highest BCUT2D eigenvalue weighted by Crippen LogP contribution is 2.37. The minimum atomic E-state index is 0.472. The van der Waals surface area contributed by atoms with Gasteiger partial charge in [0.1, 0.15) is 11.3 Å². The van der Waals surface area contributed by atoms with Gasteiger partial charge in [-0.15, -0.1) is 11.3 Å². The standard InChI is InChI=1S/C25H23ClN6OS/c1-2-6-18-15-29-25(34-18)30-24-19-13-16(22-20(26)8-5-11-28-22)14-21(23(19)31-32-24)33-12-9-17-7-3-4-10-27-17/h3-5,7-8,10-11,13-15H,2,6,9,12H2,1H3,(H2,29,30,31,32). The SMILES string of the molecule is CCCc1cnc(Nc2n[nH]c3c(OCCc4ccccn4)cc(-c4ncccc4Cl)cc23)s1. The Kier molecular flexibility index (Phi) is 6.69. The normalized spacial score (nSPS) is 11.1. The van der Waals surface area contributed by atoms with Crippen molar-refractivity contribution in [3.05, 3.63) is 76.6 Å². The number of anilines is 2. The Bertz CT molecular complexity index is 1400. The highest BCUT2D eigenvalue weighted by Gasteiger charge is 2.17. The molecule has 1 aromatic carbocycles. The van der Waals surface area contributed by atoms with Gasteiger partial charge in [0, 0.05) is 46.5 Å². The zero-order valence-corrected chi connectivity index (χ0v) is 20.2. The van der Waals surface area contributed by atoms with Gasteiger partial charge in [0.15, 0.2) is 10.9 Å². The Morgan fingerprint density at radius 1 is 1.06 bits per heavy atom. The summed E-state index contributed by atoms with van der Waals surface area (Å²) in [6.45, 7) is 2.63. The van der Waals surface area contributed by atoms with Gasteiger partial charge in [-0.3, -0.25) is 15.1 Å². The number of pyridine rings is 2. The molecule has 0 aliphatic rings. The number of hydrogen-bond donors (Lipinski definition) is 2. The van der Waals surface area contributed by atoms with Gasteiger partial charge < -0.3 is 10.1 Å². The number of nitrogens with zero attached hydrogens (tertiary/aromatic N) is 4. The summed E-state index contributed by atoms with van der Waals surface area (Å²) in [7, 11) is 0. The van der Waals surface area contributed by atoms with Crippen LogP contribution in [0.2, 0.25) is 5.02 Å². The molecule has 0 radical (unpaired) electrons. The molecule has 172 valence electrons. The van der Waals surface area contributed by atoms with Crippen LogP contribution in [0.4, 0.5) is 10.9 Å². The molecule has 0 atom stereocenters. The number of aryl methyl sites for hydroxylation is 1. The highest BCUT2D eigenvalue weighted by atomic mass is 35.5. The van der Waals surface area contributed by atoms with E-state index in [4.69, 9.17) is 16.3 Å². The van der Waals surface area contributed by atoms with Gasteiger partial charge in [0.05, 0.1) is 17.3 Å². The quantitative estimate of drug-likeness (QED) is 0.247. The molecule has 0 unspecified atom stereocenters. The van der Waals surface area contributed by atoms with Crippen LogP contribution >= 0.6 is 22.9 Å². The first-order chi connectivity index (χ1) is 16.7. The van der Waals surface area contributed by atoms with Crippen molar-refractivity contribution in [2.24, 2.45) is 0 Å². The summed E-state index contributed by atoms with van der Waals surface area (Å²) in [4.78, 5) is 14.6. The first-order valence-corrected chi connectivity index (χ1v) is 12.3. The molecule has 2 N–H and O–H groups in total. The van der Waals surface area contributed by atoms with Crippen LogP contribution in [0.5, 0.6) is 5.75 Å². The molecule has 0 aliphatic heterocycles. The van der Waals surface area contributed by atoms with Crippen LogP contribution in [0.1, 0.15) is 23.9 Å². The average molecular weight is 491 g/mol. The fraction of sp³-hybridized carbons (Fsp3) is 0.200. The Hall–Kier alpha value is -3.49. The third kappa shape index (κ3) is 4.88. The molecule has 0 saturated heterocycles. The molecule has 0 spiro atoms. The average Bonchev–Trinajstić information content (AvgIpc) is 3.47. The van der Waals surface area contributed by atoms with E-state index >= 15 is 0 Å². The maximum Gasteiger partial charge on any atom is 0.188 e. The molecule has 34 heavy (non-hydrogen) atoms. The van der Waals surface area contributed by atoms with Crippen LogP contribution in [0.3, 0.4) is 0 Å². The molecule has 5 rings (SSSR count). The number of rotatable bonds is 9. The number of thiazole rings is 1. The van der Waals surface area contributed by atoms with Gasteiger partial charge in [-0.05, 0) is 42.8 Å². The summed E-state index contributed by atoms with van der Waals surface area (Å²) in [6, 6.07) is 13.5. The van der Waals surface area contributed by atoms with Gasteiger partial charge in [-0.25, -0.2) is 4.98 Å². The van der Waals surface area contributed by atoms with E-state index in [0.717, 1.165) is 40.1 Å². The summed E-state index contributed by atoms with van der Waals surface area (Å²) in [5.41, 5.74) is 3.31. The lowest BCUT2D eigenvalue weighted by molar-refractivity contribution is 0.324. The van der Waals surface area contributed by atoms with Crippen molar-refractivity contribution in [1.29, 1.82) is 0 Å². The van der Waals surface area contributed by atoms with E-state index in [9.17, 15) is 0 Å². The van der Waals surface area contributed by atoms with Crippen molar-refractivity contribution >= 4 is 44.8 Å². The fourth-order valence-electron chi connectivity index (χ4n) is 3.67. The molecule has 4 aromatic heterocycles. The molecule has 4 heterocycles. The maximum absolute atomic E-state index is 6.46. The molecular weight excluding hydrogens is 468 g/mol. The van der Waals surface area contributed by atoms with Crippen LogP contribution in [-0.4, -0.2) is 31.8 Å². The van der Waals surface area contributed by atoms with Crippen molar-refractivity contribution in [2.75, 3.05) is 11.9 Å². The van der Waals surface area contributed by atoms with Crippen LogP contribution in [0.25, 0.3) is 22.2 Å². The van der Waals surface area contributed by atoms with E-state index in [-0.39, 0.29) is 0 Å². The molecule has 0 saturated carbocycles. The molecule has 7 nitrogen and oxygen atoms in total. The van der Waals surface area contributed by atoms with Gasteiger partial charge >= 0.3 is 0 Å². The van der Waals surface area contributed by atoms with Crippen molar-refractivity contribution in [2.45, 2.75) is 26.2 Å². The number of fused-ring (bicyclic) bond motifs is 1. The number of benzene rings is 1. The number of halogens is 1. The Labute approximate surface area is 206 Å². The predicted octanol–water partition coefficient (Wildman–Crippen LogP) is 6.45. The minimum Gasteiger partial charge on any atom is -0.491 e. The van der Waals surface area contributed by atoms with E-state index in [0.29, 0.717) is 35.3 Å². The van der Waals surface area contributed by atoms with Crippen molar-refractivity contribution in [1.82, 2.24) is 25.1 Å². The lowest BCUT2D eigenvalue weighted by Crippen LogP contribution is -2.03. The molecular formula is C25H23ClN6OS. The largest absolute Gasteiger partial charge is 0.491 e. The highest BCUT2D eigenvalue weighted by molar-refractivity contribution is 7.15. The van der Waals surface area contributed by atoms with E-state index in [1.807, 2.05) is 48.7 Å². The third-order valence-electron chi connectivity index (χ3n) is 5.29. The Balaban J connectivity index is 1.49. The minimum absolute atomic E-state index is 0.472. The third-order valence-corrected chi connectivity index (χ3v) is 6.56. The first kappa shape index (κ1) is 22.3. The summed E-state index contributed by atoms with van der Waals surface area (Å²) < 4.78 is 6.20. The predicted molar refractivity (Wildman–Crippen MR) is 137 cm³/mol. The van der Waals surface area contributed by atoms with Crippen LogP contribution in [0, 0.1) is 0 Å². The molecule has 5 aromatic rings. The number of H-pyrrole nitrogens is 1. The van der Waals surface area contributed by atoms with E-state index in [1.54, 1.807) is 23.7 Å². The second-order valence-electron chi connectivity index (χ2n) is 7.73. The number of nitrogens with one attached hydrogen (secondary N) is 2. The molecule has 0 fully saturated rings. The molecule has 9 heteroatoms. The molecule has 0 amide bonds. The zero-order chi connectivity index (χ0) is 23.3. The summed E-state index contributed by atoms with van der Waals surface area (Å²) in [5, 5.41) is 13.2. The van der Waals surface area contributed by atoms with Gasteiger partial charge in [0.2, 0.25) is 0 Å². The van der Waals surface area contributed by atoms with Crippen LogP contribution in [-0.2, 0) is 12.8 Å². The van der Waals surface area contributed by atoms with E-state index < -0.39 is 0 Å². The van der Waals surface area contributed by atoms with E-state index in [1.165, 1.54) is 4.88 Å². The first-order valence-electron chi connectivity index (χ1n) is 11.1. The Morgan fingerprint density at radius 2 is 1.97 bits per heavy atom. The number of aromatic amines is 1. The smallest absolute Gasteiger partial charge is 0.188 e. The maximum atomic E-state index is 6.46. The molecule has 0 aliphatic carbocycles. The molecule has 0 bridgehead atoms. The van der Waals surface area contributed by atoms with Crippen LogP contribution < -0.4 is 10.1 Å². The number of ether oxygens (including phenoxy) is 1. The lowest BCUT2D eigenvalue weighted by atomic mass is 10.1. The monoisotopic (exact) mass is 490 g/mol. The topological polar surface area (TPSA) is 88.6 Å². The van der Waals surface area contributed by atoms with E-state index in [2.05, 4.69) is 37.4 Å². The second kappa shape index (κ2) is 10.2. The zero-order valence-electron chi connectivity index (χ0n) is 18.6. The second-order valence-corrected chi connectivity index (χ2v) is 9.25. The summed E-state index contributed by atoms with van der Waals surface area (Å²) in [5.74, 6) is 1.35. The number of hydrogen-bond acceptors (Lipinski definition) is 7. The fourth-order valence-corrected chi connectivity index (χ4v) is 4.82. The summed E-state index contributed by atoms with van der Waals surface area (Å²) in [6.07, 6.45) is 8.21. The Morgan fingerprint density at radius 3 is 2.79 bits per heavy atom. The lowest BCUT2D eigenvalue weighted by Gasteiger charge is -2.11. The van der Waals surface area contributed by atoms with Gasteiger partial charge in [0.25, 0.3) is 0 Å². The van der Waals surface area contributed by atoms with Gasteiger partial charge in [-0.1, -0.05) is 31.0 Å². The van der Waals surface area contributed by atoms with Crippen molar-refractivity contribution < 1.29 is 4.74 Å². The van der Waals surface area contributed by atoms with Gasteiger partial charge in [-0.2, -0.15) is 5.10 Å². The van der Waals surface area contributed by atoms with Crippen molar-refractivity contribution in [3.63, 3.8) is 0 Å². The number of aromatic nitrogens is 5. The van der Waals surface area contributed by atoms with Crippen LogP contribution in [0.15, 0.2) is 61.1 Å².